The second kappa shape index (κ2) is 4.84. The molecule has 0 radical (unpaired) electrons. The molecule has 88 valence electrons. The summed E-state index contributed by atoms with van der Waals surface area (Å²) in [6.07, 6.45) is 1.76. The van der Waals surface area contributed by atoms with Gasteiger partial charge in [-0.25, -0.2) is 9.37 Å². The molecule has 0 aliphatic carbocycles. The Hall–Kier alpha value is -1.42. The Labute approximate surface area is 108 Å². The first kappa shape index (κ1) is 12.0. The van der Waals surface area contributed by atoms with Crippen LogP contribution in [0.1, 0.15) is 5.56 Å². The highest BCUT2D eigenvalue weighted by atomic mass is 79.9. The van der Waals surface area contributed by atoms with Crippen LogP contribution in [0.2, 0.25) is 0 Å². The van der Waals surface area contributed by atoms with Crippen LogP contribution >= 0.6 is 15.9 Å². The number of rotatable bonds is 2. The van der Waals surface area contributed by atoms with Crippen molar-refractivity contribution < 1.29 is 4.39 Å². The van der Waals surface area contributed by atoms with E-state index in [2.05, 4.69) is 20.9 Å². The van der Waals surface area contributed by atoms with Crippen LogP contribution in [0, 0.1) is 12.7 Å². The number of hydrogen-bond donors (Lipinski definition) is 0. The lowest BCUT2D eigenvalue weighted by molar-refractivity contribution is 0.628. The topological polar surface area (TPSA) is 16.1 Å². The van der Waals surface area contributed by atoms with E-state index in [1.165, 1.54) is 12.1 Å². The van der Waals surface area contributed by atoms with Gasteiger partial charge in [0.05, 0.1) is 4.47 Å². The largest absolute Gasteiger partial charge is 0.329 e. The lowest BCUT2D eigenvalue weighted by Gasteiger charge is -2.20. The molecule has 0 saturated carbocycles. The summed E-state index contributed by atoms with van der Waals surface area (Å²) in [5.74, 6) is 0.579. The van der Waals surface area contributed by atoms with Crippen molar-refractivity contribution in [3.63, 3.8) is 0 Å². The summed E-state index contributed by atoms with van der Waals surface area (Å²) in [5, 5.41) is 0. The van der Waals surface area contributed by atoms with Gasteiger partial charge in [0.1, 0.15) is 11.6 Å². The quantitative estimate of drug-likeness (QED) is 0.830. The maximum atomic E-state index is 12.9. The number of hydrogen-bond acceptors (Lipinski definition) is 2. The van der Waals surface area contributed by atoms with E-state index in [4.69, 9.17) is 0 Å². The third-order valence-corrected chi connectivity index (χ3v) is 3.58. The molecule has 17 heavy (non-hydrogen) atoms. The average molecular weight is 295 g/mol. The van der Waals surface area contributed by atoms with Crippen molar-refractivity contribution >= 4 is 27.4 Å². The van der Waals surface area contributed by atoms with Crippen molar-refractivity contribution in [2.24, 2.45) is 0 Å². The molecule has 0 aliphatic rings. The van der Waals surface area contributed by atoms with Gasteiger partial charge in [-0.2, -0.15) is 0 Å². The van der Waals surface area contributed by atoms with E-state index < -0.39 is 0 Å². The zero-order valence-electron chi connectivity index (χ0n) is 9.61. The van der Waals surface area contributed by atoms with Crippen molar-refractivity contribution in [1.82, 2.24) is 4.98 Å². The molecule has 0 aliphatic heterocycles. The highest BCUT2D eigenvalue weighted by Gasteiger charge is 2.10. The number of aromatic nitrogens is 1. The summed E-state index contributed by atoms with van der Waals surface area (Å²) in [6, 6.07) is 8.27. The fourth-order valence-corrected chi connectivity index (χ4v) is 2.05. The molecule has 0 N–H and O–H groups in total. The third kappa shape index (κ3) is 2.47. The second-order valence-corrected chi connectivity index (χ2v) is 4.59. The smallest absolute Gasteiger partial charge is 0.147 e. The van der Waals surface area contributed by atoms with E-state index in [1.54, 1.807) is 18.3 Å². The second-order valence-electron chi connectivity index (χ2n) is 3.80. The summed E-state index contributed by atoms with van der Waals surface area (Å²) in [7, 11) is 1.90. The number of aryl methyl sites for hydroxylation is 1. The molecule has 0 unspecified atom stereocenters. The van der Waals surface area contributed by atoms with Crippen LogP contribution in [0.15, 0.2) is 41.0 Å². The zero-order chi connectivity index (χ0) is 12.4. The first-order valence-electron chi connectivity index (χ1n) is 5.20. The Morgan fingerprint density at radius 3 is 2.47 bits per heavy atom. The Morgan fingerprint density at radius 2 is 1.82 bits per heavy atom. The molecule has 1 aromatic carbocycles. The lowest BCUT2D eigenvalue weighted by Crippen LogP contribution is -2.12. The van der Waals surface area contributed by atoms with Crippen molar-refractivity contribution in [3.8, 4) is 0 Å². The average Bonchev–Trinajstić information content (AvgIpc) is 2.33. The Bertz CT molecular complexity index is 525. The molecule has 4 heteroatoms. The number of anilines is 2. The summed E-state index contributed by atoms with van der Waals surface area (Å²) >= 11 is 3.51. The van der Waals surface area contributed by atoms with E-state index in [9.17, 15) is 4.39 Å². The minimum absolute atomic E-state index is 0.238. The monoisotopic (exact) mass is 294 g/mol. The SMILES string of the molecule is Cc1ccnc(N(C)c2ccc(F)cc2)c1Br. The molecule has 0 saturated heterocycles. The first-order valence-corrected chi connectivity index (χ1v) is 5.99. The van der Waals surface area contributed by atoms with Crippen molar-refractivity contribution in [3.05, 3.63) is 52.4 Å². The summed E-state index contributed by atoms with van der Waals surface area (Å²) in [5.41, 5.74) is 2.01. The van der Waals surface area contributed by atoms with Crippen LogP contribution in [0.4, 0.5) is 15.9 Å². The zero-order valence-corrected chi connectivity index (χ0v) is 11.2. The molecule has 0 atom stereocenters. The van der Waals surface area contributed by atoms with Crippen molar-refractivity contribution in [2.45, 2.75) is 6.92 Å². The van der Waals surface area contributed by atoms with Gasteiger partial charge in [-0.1, -0.05) is 0 Å². The molecule has 1 aromatic heterocycles. The number of halogens is 2. The van der Waals surface area contributed by atoms with Crippen molar-refractivity contribution in [2.75, 3.05) is 11.9 Å². The molecule has 0 spiro atoms. The van der Waals surface area contributed by atoms with Crippen LogP contribution in [-0.2, 0) is 0 Å². The highest BCUT2D eigenvalue weighted by molar-refractivity contribution is 9.10. The number of benzene rings is 1. The van der Waals surface area contributed by atoms with Gasteiger partial charge in [0.25, 0.3) is 0 Å². The van der Waals surface area contributed by atoms with E-state index in [-0.39, 0.29) is 5.82 Å². The van der Waals surface area contributed by atoms with Gasteiger partial charge in [-0.05, 0) is 58.7 Å². The molecular formula is C13H12BrFN2. The Morgan fingerprint density at radius 1 is 1.18 bits per heavy atom. The molecule has 0 bridgehead atoms. The predicted octanol–water partition coefficient (Wildman–Crippen LogP) is 4.06. The van der Waals surface area contributed by atoms with Gasteiger partial charge in [-0.3, -0.25) is 0 Å². The Balaban J connectivity index is 2.40. The van der Waals surface area contributed by atoms with Crippen LogP contribution in [0.5, 0.6) is 0 Å². The molecule has 0 amide bonds. The van der Waals surface area contributed by atoms with Crippen LogP contribution in [0.3, 0.4) is 0 Å². The molecule has 2 rings (SSSR count). The van der Waals surface area contributed by atoms with Crippen LogP contribution in [0.25, 0.3) is 0 Å². The maximum Gasteiger partial charge on any atom is 0.147 e. The van der Waals surface area contributed by atoms with E-state index in [0.29, 0.717) is 0 Å². The molecule has 1 heterocycles. The third-order valence-electron chi connectivity index (χ3n) is 2.60. The number of nitrogens with zero attached hydrogens (tertiary/aromatic N) is 2. The van der Waals surface area contributed by atoms with Gasteiger partial charge in [0.15, 0.2) is 0 Å². The molecule has 0 fully saturated rings. The summed E-state index contributed by atoms with van der Waals surface area (Å²) < 4.78 is 13.8. The first-order chi connectivity index (χ1) is 8.09. The normalized spacial score (nSPS) is 10.4. The lowest BCUT2D eigenvalue weighted by atomic mass is 10.2. The minimum atomic E-state index is -0.238. The highest BCUT2D eigenvalue weighted by Crippen LogP contribution is 2.30. The van der Waals surface area contributed by atoms with Gasteiger partial charge in [0.2, 0.25) is 0 Å². The minimum Gasteiger partial charge on any atom is -0.329 e. The maximum absolute atomic E-state index is 12.9. The van der Waals surface area contributed by atoms with E-state index >= 15 is 0 Å². The predicted molar refractivity (Wildman–Crippen MR) is 71.1 cm³/mol. The van der Waals surface area contributed by atoms with Crippen LogP contribution in [-0.4, -0.2) is 12.0 Å². The van der Waals surface area contributed by atoms with Gasteiger partial charge < -0.3 is 4.90 Å². The van der Waals surface area contributed by atoms with Gasteiger partial charge in [0, 0.05) is 18.9 Å². The fraction of sp³-hybridized carbons (Fsp3) is 0.154. The van der Waals surface area contributed by atoms with Crippen LogP contribution < -0.4 is 4.90 Å². The van der Waals surface area contributed by atoms with Gasteiger partial charge in [-0.15, -0.1) is 0 Å². The van der Waals surface area contributed by atoms with Crippen molar-refractivity contribution in [1.29, 1.82) is 0 Å². The Kier molecular flexibility index (Phi) is 3.43. The molecule has 2 nitrogen and oxygen atoms in total. The number of pyridine rings is 1. The van der Waals surface area contributed by atoms with Gasteiger partial charge >= 0.3 is 0 Å². The molecular weight excluding hydrogens is 283 g/mol. The van der Waals surface area contributed by atoms with E-state index in [0.717, 1.165) is 21.5 Å². The standard InChI is InChI=1S/C13H12BrFN2/c1-9-7-8-16-13(12(9)14)17(2)11-5-3-10(15)4-6-11/h3-8H,1-2H3. The van der Waals surface area contributed by atoms with E-state index in [1.807, 2.05) is 24.9 Å². The summed E-state index contributed by atoms with van der Waals surface area (Å²) in [4.78, 5) is 6.24. The summed E-state index contributed by atoms with van der Waals surface area (Å²) in [6.45, 7) is 2.01. The molecule has 2 aromatic rings. The fourth-order valence-electron chi connectivity index (χ4n) is 1.55.